The van der Waals surface area contributed by atoms with Crippen molar-refractivity contribution in [3.63, 3.8) is 0 Å². The van der Waals surface area contributed by atoms with Crippen LogP contribution in [0.1, 0.15) is 26.5 Å². The summed E-state index contributed by atoms with van der Waals surface area (Å²) in [5, 5.41) is 12.0. The van der Waals surface area contributed by atoms with E-state index in [9.17, 15) is 9.59 Å². The van der Waals surface area contributed by atoms with Gasteiger partial charge >= 0.3 is 0 Å². The molecule has 0 atom stereocenters. The predicted molar refractivity (Wildman–Crippen MR) is 134 cm³/mol. The highest BCUT2D eigenvalue weighted by Gasteiger charge is 2.20. The highest BCUT2D eigenvalue weighted by atomic mass is 32.2. The van der Waals surface area contributed by atoms with Crippen molar-refractivity contribution in [3.8, 4) is 17.2 Å². The molecular formula is C26H24N4O4S. The van der Waals surface area contributed by atoms with E-state index < -0.39 is 0 Å². The minimum absolute atomic E-state index is 0.0157. The van der Waals surface area contributed by atoms with Crippen molar-refractivity contribution in [2.75, 3.05) is 20.0 Å². The van der Waals surface area contributed by atoms with Gasteiger partial charge < -0.3 is 14.8 Å². The van der Waals surface area contributed by atoms with Crippen LogP contribution in [0.25, 0.3) is 5.69 Å². The maximum atomic E-state index is 12.7. The molecule has 0 saturated heterocycles. The Bertz CT molecular complexity index is 1320. The molecule has 0 saturated carbocycles. The molecule has 3 aromatic carbocycles. The van der Waals surface area contributed by atoms with Crippen LogP contribution in [0.5, 0.6) is 11.5 Å². The van der Waals surface area contributed by atoms with Crippen LogP contribution in [0.2, 0.25) is 0 Å². The number of nitrogens with zero attached hydrogens (tertiary/aromatic N) is 3. The quantitative estimate of drug-likeness (QED) is 0.264. The summed E-state index contributed by atoms with van der Waals surface area (Å²) in [5.74, 6) is 1.61. The van der Waals surface area contributed by atoms with E-state index >= 15 is 0 Å². The van der Waals surface area contributed by atoms with Gasteiger partial charge in [-0.3, -0.25) is 14.2 Å². The molecule has 0 bridgehead atoms. The number of hydrogen-bond acceptors (Lipinski definition) is 7. The standard InChI is InChI=1S/C26H24N4O4S/c1-33-20-12-8-11-19(15-20)25(32)27-16-24-28-29-26(30(24)21-13-6-7-14-23(21)34-2)35-17-22(31)18-9-4-3-5-10-18/h3-15H,16-17H2,1-2H3,(H,27,32). The number of benzene rings is 3. The summed E-state index contributed by atoms with van der Waals surface area (Å²) in [7, 11) is 3.13. The summed E-state index contributed by atoms with van der Waals surface area (Å²) in [5.41, 5.74) is 1.81. The number of ether oxygens (including phenoxy) is 2. The molecular weight excluding hydrogens is 464 g/mol. The van der Waals surface area contributed by atoms with Crippen molar-refractivity contribution < 1.29 is 19.1 Å². The van der Waals surface area contributed by atoms with Crippen molar-refractivity contribution in [2.45, 2.75) is 11.7 Å². The van der Waals surface area contributed by atoms with E-state index in [-0.39, 0.29) is 24.0 Å². The summed E-state index contributed by atoms with van der Waals surface area (Å²) >= 11 is 1.28. The fourth-order valence-corrected chi connectivity index (χ4v) is 4.29. The lowest BCUT2D eigenvalue weighted by Gasteiger charge is -2.14. The molecule has 0 spiro atoms. The SMILES string of the molecule is COc1cccc(C(=O)NCc2nnc(SCC(=O)c3ccccc3)n2-c2ccccc2OC)c1. The van der Waals surface area contributed by atoms with E-state index in [1.165, 1.54) is 11.8 Å². The normalized spacial score (nSPS) is 10.6. The number of hydrogen-bond donors (Lipinski definition) is 1. The molecule has 0 aliphatic heterocycles. The van der Waals surface area contributed by atoms with Gasteiger partial charge in [-0.1, -0.05) is 60.3 Å². The molecule has 4 aromatic rings. The Hall–Kier alpha value is -4.11. The number of nitrogens with one attached hydrogen (secondary N) is 1. The van der Waals surface area contributed by atoms with E-state index in [1.54, 1.807) is 55.2 Å². The number of ketones is 1. The van der Waals surface area contributed by atoms with Gasteiger partial charge in [0.1, 0.15) is 11.5 Å². The molecule has 4 rings (SSSR count). The summed E-state index contributed by atoms with van der Waals surface area (Å²) in [6, 6.07) is 23.4. The molecule has 1 amide bonds. The number of carbonyl (C=O) groups excluding carboxylic acids is 2. The number of amides is 1. The average Bonchev–Trinajstić information content (AvgIpc) is 3.33. The van der Waals surface area contributed by atoms with Gasteiger partial charge in [0.2, 0.25) is 0 Å². The van der Waals surface area contributed by atoms with Crippen LogP contribution < -0.4 is 14.8 Å². The first-order chi connectivity index (χ1) is 17.1. The molecule has 0 aliphatic rings. The van der Waals surface area contributed by atoms with Crippen LogP contribution in [0.3, 0.4) is 0 Å². The van der Waals surface area contributed by atoms with Crippen LogP contribution in [0.15, 0.2) is 84.0 Å². The highest BCUT2D eigenvalue weighted by Crippen LogP contribution is 2.29. The molecule has 8 nitrogen and oxygen atoms in total. The summed E-state index contributed by atoms with van der Waals surface area (Å²) in [4.78, 5) is 25.4. The van der Waals surface area contributed by atoms with Gasteiger partial charge in [-0.15, -0.1) is 10.2 Å². The van der Waals surface area contributed by atoms with E-state index in [2.05, 4.69) is 15.5 Å². The molecule has 35 heavy (non-hydrogen) atoms. The molecule has 0 fully saturated rings. The number of Topliss-reactive ketones (excluding diaryl/α,β-unsaturated/α-hetero) is 1. The lowest BCUT2D eigenvalue weighted by Crippen LogP contribution is -2.24. The van der Waals surface area contributed by atoms with E-state index in [0.29, 0.717) is 39.3 Å². The zero-order valence-corrected chi connectivity index (χ0v) is 20.1. The Morgan fingerprint density at radius 2 is 1.63 bits per heavy atom. The monoisotopic (exact) mass is 488 g/mol. The highest BCUT2D eigenvalue weighted by molar-refractivity contribution is 7.99. The van der Waals surface area contributed by atoms with Crippen molar-refractivity contribution >= 4 is 23.5 Å². The zero-order chi connectivity index (χ0) is 24.6. The van der Waals surface area contributed by atoms with Gasteiger partial charge in [0.25, 0.3) is 5.91 Å². The molecule has 1 N–H and O–H groups in total. The van der Waals surface area contributed by atoms with Gasteiger partial charge in [0, 0.05) is 11.1 Å². The number of para-hydroxylation sites is 2. The van der Waals surface area contributed by atoms with Crippen LogP contribution >= 0.6 is 11.8 Å². The third kappa shape index (κ3) is 5.70. The number of thioether (sulfide) groups is 1. The Morgan fingerprint density at radius 3 is 2.40 bits per heavy atom. The second-order valence-electron chi connectivity index (χ2n) is 7.40. The number of aromatic nitrogens is 3. The minimum atomic E-state index is -0.271. The first-order valence-corrected chi connectivity index (χ1v) is 11.8. The molecule has 0 unspecified atom stereocenters. The van der Waals surface area contributed by atoms with Crippen LogP contribution in [-0.2, 0) is 6.54 Å². The van der Waals surface area contributed by atoms with Crippen LogP contribution in [0.4, 0.5) is 0 Å². The smallest absolute Gasteiger partial charge is 0.251 e. The fraction of sp³-hybridized carbons (Fsp3) is 0.154. The summed E-state index contributed by atoms with van der Waals surface area (Å²) < 4.78 is 12.5. The number of methoxy groups -OCH3 is 2. The first kappa shape index (κ1) is 24.0. The maximum Gasteiger partial charge on any atom is 0.251 e. The summed E-state index contributed by atoms with van der Waals surface area (Å²) in [6.45, 7) is 0.119. The van der Waals surface area contributed by atoms with Gasteiger partial charge in [-0.25, -0.2) is 0 Å². The van der Waals surface area contributed by atoms with Gasteiger partial charge in [0.15, 0.2) is 16.8 Å². The Morgan fingerprint density at radius 1 is 0.886 bits per heavy atom. The third-order valence-corrected chi connectivity index (χ3v) is 6.12. The van der Waals surface area contributed by atoms with Crippen LogP contribution in [-0.4, -0.2) is 46.4 Å². The first-order valence-electron chi connectivity index (χ1n) is 10.8. The maximum absolute atomic E-state index is 12.7. The molecule has 1 heterocycles. The van der Waals surface area contributed by atoms with E-state index in [1.807, 2.05) is 42.5 Å². The molecule has 178 valence electrons. The number of rotatable bonds is 10. The number of carbonyl (C=O) groups is 2. The average molecular weight is 489 g/mol. The summed E-state index contributed by atoms with van der Waals surface area (Å²) in [6.07, 6.45) is 0. The third-order valence-electron chi connectivity index (χ3n) is 5.19. The lowest BCUT2D eigenvalue weighted by atomic mass is 10.2. The van der Waals surface area contributed by atoms with Crippen molar-refractivity contribution in [1.29, 1.82) is 0 Å². The second kappa shape index (κ2) is 11.3. The fourth-order valence-electron chi connectivity index (χ4n) is 3.43. The van der Waals surface area contributed by atoms with Crippen molar-refractivity contribution in [3.05, 3.63) is 95.8 Å². The van der Waals surface area contributed by atoms with E-state index in [0.717, 1.165) is 0 Å². The van der Waals surface area contributed by atoms with E-state index in [4.69, 9.17) is 9.47 Å². The van der Waals surface area contributed by atoms with Gasteiger partial charge in [-0.05, 0) is 30.3 Å². The Labute approximate surface area is 207 Å². The molecule has 1 aromatic heterocycles. The Kier molecular flexibility index (Phi) is 7.79. The molecule has 9 heteroatoms. The van der Waals surface area contributed by atoms with Crippen molar-refractivity contribution in [1.82, 2.24) is 20.1 Å². The molecule has 0 aliphatic carbocycles. The largest absolute Gasteiger partial charge is 0.497 e. The minimum Gasteiger partial charge on any atom is -0.497 e. The van der Waals surface area contributed by atoms with Gasteiger partial charge in [0.05, 0.1) is 32.2 Å². The predicted octanol–water partition coefficient (Wildman–Crippen LogP) is 4.19. The topological polar surface area (TPSA) is 95.3 Å². The van der Waals surface area contributed by atoms with Crippen LogP contribution in [0, 0.1) is 0 Å². The zero-order valence-electron chi connectivity index (χ0n) is 19.3. The second-order valence-corrected chi connectivity index (χ2v) is 8.34. The lowest BCUT2D eigenvalue weighted by molar-refractivity contribution is 0.0948. The molecule has 0 radical (unpaired) electrons. The van der Waals surface area contributed by atoms with Crippen molar-refractivity contribution in [2.24, 2.45) is 0 Å². The van der Waals surface area contributed by atoms with Gasteiger partial charge in [-0.2, -0.15) is 0 Å². The Balaban J connectivity index is 1.58.